The Morgan fingerprint density at radius 2 is 2.00 bits per heavy atom. The zero-order valence-corrected chi connectivity index (χ0v) is 16.4. The first-order chi connectivity index (χ1) is 14.0. The molecule has 1 saturated heterocycles. The number of halogens is 1. The highest BCUT2D eigenvalue weighted by molar-refractivity contribution is 5.86. The first-order valence-corrected chi connectivity index (χ1v) is 10.00. The van der Waals surface area contributed by atoms with Crippen molar-refractivity contribution in [1.82, 2.24) is 5.32 Å². The highest BCUT2D eigenvalue weighted by atomic mass is 19.1. The molecule has 0 amide bonds. The summed E-state index contributed by atoms with van der Waals surface area (Å²) in [6, 6.07) is 20.0. The topological polar surface area (TPSA) is 52.6 Å². The summed E-state index contributed by atoms with van der Waals surface area (Å²) in [4.78, 5) is 12.9. The lowest BCUT2D eigenvalue weighted by atomic mass is 9.99. The number of rotatable bonds is 6. The maximum atomic E-state index is 14.5. The van der Waals surface area contributed by atoms with Crippen molar-refractivity contribution in [1.29, 1.82) is 0 Å². The number of nitrogens with one attached hydrogen (secondary N) is 1. The standard InChI is InChI=1S/C24H25FN2O2/c1-16(20-8-4-6-18-5-2-3-7-21(18)20)26-19-11-12-27(15-19)23-10-9-17(13-22(23)25)14-24(28)29/h2-10,13,16,19,26H,11-12,14-15H2,1H3,(H,28,29)/t16-,19+/m1/s1. The van der Waals surface area contributed by atoms with Gasteiger partial charge in [-0.2, -0.15) is 0 Å². The van der Waals surface area contributed by atoms with E-state index in [-0.39, 0.29) is 24.3 Å². The number of nitrogens with zero attached hydrogens (tertiary/aromatic N) is 1. The Hall–Kier alpha value is -2.92. The van der Waals surface area contributed by atoms with Gasteiger partial charge < -0.3 is 15.3 Å². The normalized spacial score (nSPS) is 17.6. The van der Waals surface area contributed by atoms with Crippen LogP contribution in [0.5, 0.6) is 0 Å². The van der Waals surface area contributed by atoms with Gasteiger partial charge in [0.25, 0.3) is 0 Å². The molecule has 2 atom stereocenters. The van der Waals surface area contributed by atoms with E-state index in [9.17, 15) is 9.18 Å². The molecule has 1 fully saturated rings. The molecule has 0 unspecified atom stereocenters. The Balaban J connectivity index is 1.44. The lowest BCUT2D eigenvalue weighted by Crippen LogP contribution is -2.34. The molecule has 5 heteroatoms. The monoisotopic (exact) mass is 392 g/mol. The zero-order chi connectivity index (χ0) is 20.4. The summed E-state index contributed by atoms with van der Waals surface area (Å²) in [6.45, 7) is 3.67. The van der Waals surface area contributed by atoms with Crippen LogP contribution in [0.25, 0.3) is 10.8 Å². The van der Waals surface area contributed by atoms with Crippen LogP contribution in [0.1, 0.15) is 30.5 Å². The van der Waals surface area contributed by atoms with Gasteiger partial charge in [0, 0.05) is 25.2 Å². The Labute approximate surface area is 170 Å². The third-order valence-corrected chi connectivity index (χ3v) is 5.67. The van der Waals surface area contributed by atoms with Crippen LogP contribution >= 0.6 is 0 Å². The van der Waals surface area contributed by atoms with Gasteiger partial charge in [-0.05, 0) is 47.4 Å². The third-order valence-electron chi connectivity index (χ3n) is 5.67. The molecule has 0 aliphatic carbocycles. The molecule has 4 nitrogen and oxygen atoms in total. The van der Waals surface area contributed by atoms with Crippen molar-refractivity contribution in [3.05, 3.63) is 77.6 Å². The molecule has 29 heavy (non-hydrogen) atoms. The van der Waals surface area contributed by atoms with Gasteiger partial charge in [-0.1, -0.05) is 48.5 Å². The molecule has 0 saturated carbocycles. The summed E-state index contributed by atoms with van der Waals surface area (Å²) >= 11 is 0. The van der Waals surface area contributed by atoms with Crippen molar-refractivity contribution >= 4 is 22.4 Å². The van der Waals surface area contributed by atoms with Crippen molar-refractivity contribution in [3.8, 4) is 0 Å². The summed E-state index contributed by atoms with van der Waals surface area (Å²) in [6.07, 6.45) is 0.773. The molecule has 3 aromatic carbocycles. The lowest BCUT2D eigenvalue weighted by Gasteiger charge is -2.23. The van der Waals surface area contributed by atoms with Gasteiger partial charge in [-0.15, -0.1) is 0 Å². The van der Waals surface area contributed by atoms with Crippen molar-refractivity contribution in [2.75, 3.05) is 18.0 Å². The molecule has 3 aromatic rings. The SMILES string of the molecule is C[C@@H](N[C@H]1CCN(c2ccc(CC(=O)O)cc2F)C1)c1cccc2ccccc12. The number of benzene rings is 3. The van der Waals surface area contributed by atoms with Crippen LogP contribution in [0, 0.1) is 5.82 Å². The number of anilines is 1. The highest BCUT2D eigenvalue weighted by Crippen LogP contribution is 2.28. The molecule has 0 radical (unpaired) electrons. The van der Waals surface area contributed by atoms with E-state index in [0.29, 0.717) is 11.3 Å². The molecule has 1 heterocycles. The maximum absolute atomic E-state index is 14.5. The fraction of sp³-hybridized carbons (Fsp3) is 0.292. The van der Waals surface area contributed by atoms with Crippen molar-refractivity contribution < 1.29 is 14.3 Å². The number of fused-ring (bicyclic) bond motifs is 1. The van der Waals surface area contributed by atoms with Crippen LogP contribution in [0.15, 0.2) is 60.7 Å². The van der Waals surface area contributed by atoms with E-state index in [1.165, 1.54) is 22.4 Å². The number of hydrogen-bond donors (Lipinski definition) is 2. The number of carboxylic acid groups (broad SMARTS) is 1. The van der Waals surface area contributed by atoms with Gasteiger partial charge in [-0.25, -0.2) is 4.39 Å². The van der Waals surface area contributed by atoms with E-state index in [1.54, 1.807) is 12.1 Å². The quantitative estimate of drug-likeness (QED) is 0.647. The number of hydrogen-bond acceptors (Lipinski definition) is 3. The van der Waals surface area contributed by atoms with Gasteiger partial charge in [0.05, 0.1) is 12.1 Å². The summed E-state index contributed by atoms with van der Waals surface area (Å²) < 4.78 is 14.5. The van der Waals surface area contributed by atoms with E-state index in [0.717, 1.165) is 19.5 Å². The van der Waals surface area contributed by atoms with Crippen LogP contribution in [0.3, 0.4) is 0 Å². The maximum Gasteiger partial charge on any atom is 0.307 e. The Kier molecular flexibility index (Phi) is 5.49. The molecule has 1 aliphatic heterocycles. The Morgan fingerprint density at radius 1 is 1.21 bits per heavy atom. The number of carbonyl (C=O) groups is 1. The second kappa shape index (κ2) is 8.21. The first kappa shape index (κ1) is 19.4. The van der Waals surface area contributed by atoms with Gasteiger partial charge in [0.15, 0.2) is 0 Å². The molecule has 0 aromatic heterocycles. The minimum absolute atomic E-state index is 0.163. The van der Waals surface area contributed by atoms with Crippen LogP contribution in [-0.2, 0) is 11.2 Å². The molecule has 4 rings (SSSR count). The summed E-state index contributed by atoms with van der Waals surface area (Å²) in [5.41, 5.74) is 2.30. The molecular weight excluding hydrogens is 367 g/mol. The second-order valence-corrected chi connectivity index (χ2v) is 7.74. The zero-order valence-electron chi connectivity index (χ0n) is 16.4. The lowest BCUT2D eigenvalue weighted by molar-refractivity contribution is -0.136. The van der Waals surface area contributed by atoms with E-state index in [4.69, 9.17) is 5.11 Å². The Bertz CT molecular complexity index is 1030. The molecular formula is C24H25FN2O2. The van der Waals surface area contributed by atoms with Crippen LogP contribution in [0.2, 0.25) is 0 Å². The van der Waals surface area contributed by atoms with Gasteiger partial charge >= 0.3 is 5.97 Å². The van der Waals surface area contributed by atoms with Crippen LogP contribution in [-0.4, -0.2) is 30.2 Å². The van der Waals surface area contributed by atoms with Crippen molar-refractivity contribution in [2.45, 2.75) is 31.8 Å². The number of carboxylic acids is 1. The van der Waals surface area contributed by atoms with Gasteiger partial charge in [0.1, 0.15) is 5.82 Å². The van der Waals surface area contributed by atoms with Crippen LogP contribution < -0.4 is 10.2 Å². The van der Waals surface area contributed by atoms with Crippen molar-refractivity contribution in [3.63, 3.8) is 0 Å². The first-order valence-electron chi connectivity index (χ1n) is 10.00. The average Bonchev–Trinajstić information content (AvgIpc) is 3.15. The molecule has 1 aliphatic rings. The summed E-state index contributed by atoms with van der Waals surface area (Å²) in [7, 11) is 0. The Morgan fingerprint density at radius 3 is 2.79 bits per heavy atom. The molecule has 0 bridgehead atoms. The van der Waals surface area contributed by atoms with Crippen molar-refractivity contribution in [2.24, 2.45) is 0 Å². The summed E-state index contributed by atoms with van der Waals surface area (Å²) in [5.74, 6) is -1.31. The minimum Gasteiger partial charge on any atom is -0.481 e. The molecule has 150 valence electrons. The van der Waals surface area contributed by atoms with E-state index in [1.807, 2.05) is 4.90 Å². The van der Waals surface area contributed by atoms with Crippen LogP contribution in [0.4, 0.5) is 10.1 Å². The third kappa shape index (κ3) is 4.25. The average molecular weight is 392 g/mol. The highest BCUT2D eigenvalue weighted by Gasteiger charge is 2.26. The largest absolute Gasteiger partial charge is 0.481 e. The summed E-state index contributed by atoms with van der Waals surface area (Å²) in [5, 5.41) is 15.1. The predicted molar refractivity (Wildman–Crippen MR) is 114 cm³/mol. The van der Waals surface area contributed by atoms with E-state index < -0.39 is 5.97 Å². The predicted octanol–water partition coefficient (Wildman–Crippen LogP) is 4.54. The van der Waals surface area contributed by atoms with E-state index >= 15 is 0 Å². The van der Waals surface area contributed by atoms with E-state index in [2.05, 4.69) is 54.7 Å². The smallest absolute Gasteiger partial charge is 0.307 e. The van der Waals surface area contributed by atoms with Gasteiger partial charge in [0.2, 0.25) is 0 Å². The second-order valence-electron chi connectivity index (χ2n) is 7.74. The molecule has 0 spiro atoms. The number of aliphatic carboxylic acids is 1. The fourth-order valence-electron chi connectivity index (χ4n) is 4.28. The van der Waals surface area contributed by atoms with Gasteiger partial charge in [-0.3, -0.25) is 4.79 Å². The minimum atomic E-state index is -0.954. The molecule has 2 N–H and O–H groups in total. The fourth-order valence-corrected chi connectivity index (χ4v) is 4.28.